The molecule has 0 aromatic carbocycles. The van der Waals surface area contributed by atoms with E-state index >= 15 is 0 Å². The topological polar surface area (TPSA) is 72.2 Å². The number of methoxy groups -OCH3 is 1. The summed E-state index contributed by atoms with van der Waals surface area (Å²) < 4.78 is 15.6. The van der Waals surface area contributed by atoms with Crippen LogP contribution < -0.4 is 4.74 Å². The Morgan fingerprint density at radius 2 is 2.20 bits per heavy atom. The molecule has 1 spiro atoms. The van der Waals surface area contributed by atoms with Gasteiger partial charge in [-0.15, -0.1) is 0 Å². The number of hydrogen-bond acceptors (Lipinski definition) is 5. The lowest BCUT2D eigenvalue weighted by Crippen LogP contribution is -2.39. The van der Waals surface area contributed by atoms with Gasteiger partial charge >= 0.3 is 6.09 Å². The fourth-order valence-corrected chi connectivity index (χ4v) is 2.72. The first-order valence-corrected chi connectivity index (χ1v) is 6.40. The average molecular weight is 280 g/mol. The molecule has 1 aromatic rings. The Morgan fingerprint density at radius 1 is 1.40 bits per heavy atom. The van der Waals surface area contributed by atoms with Gasteiger partial charge in [-0.05, 0) is 6.07 Å². The van der Waals surface area contributed by atoms with Crippen molar-refractivity contribution in [3.8, 4) is 5.95 Å². The number of carbonyl (C=O) groups is 2. The highest BCUT2D eigenvalue weighted by atomic mass is 16.6. The molecule has 0 aliphatic carbocycles. The smallest absolute Gasteiger partial charge is 0.410 e. The third kappa shape index (κ3) is 1.99. The van der Waals surface area contributed by atoms with Gasteiger partial charge in [0.05, 0.1) is 20.2 Å². The maximum atomic E-state index is 12.3. The molecular formula is C13H16N2O5. The Balaban J connectivity index is 1.71. The van der Waals surface area contributed by atoms with Gasteiger partial charge in [0, 0.05) is 26.1 Å². The molecular weight excluding hydrogens is 264 g/mol. The molecule has 20 heavy (non-hydrogen) atoms. The predicted octanol–water partition coefficient (Wildman–Crippen LogP) is 0.955. The van der Waals surface area contributed by atoms with Crippen LogP contribution in [0.2, 0.25) is 0 Å². The van der Waals surface area contributed by atoms with Crippen LogP contribution in [0.25, 0.3) is 0 Å². The van der Waals surface area contributed by atoms with E-state index in [0.29, 0.717) is 32.0 Å². The number of amides is 2. The molecule has 0 unspecified atom stereocenters. The molecule has 2 aliphatic heterocycles. The molecule has 1 atom stereocenters. The minimum absolute atomic E-state index is 0.212. The van der Waals surface area contributed by atoms with Crippen molar-refractivity contribution in [2.24, 2.45) is 0 Å². The number of rotatable bonds is 2. The van der Waals surface area contributed by atoms with Crippen molar-refractivity contribution in [2.75, 3.05) is 33.8 Å². The largest absolute Gasteiger partial charge is 0.468 e. The first-order chi connectivity index (χ1) is 9.53. The average Bonchev–Trinajstić information content (AvgIpc) is 3.10. The summed E-state index contributed by atoms with van der Waals surface area (Å²) in [4.78, 5) is 27.0. The highest BCUT2D eigenvalue weighted by molar-refractivity contribution is 5.92. The molecule has 0 N–H and O–H groups in total. The van der Waals surface area contributed by atoms with Crippen LogP contribution in [-0.2, 0) is 4.74 Å². The van der Waals surface area contributed by atoms with Crippen molar-refractivity contribution in [1.29, 1.82) is 0 Å². The summed E-state index contributed by atoms with van der Waals surface area (Å²) in [7, 11) is 3.17. The summed E-state index contributed by atoms with van der Waals surface area (Å²) in [6.45, 7) is 1.45. The monoisotopic (exact) mass is 280 g/mol. The van der Waals surface area contributed by atoms with Crippen molar-refractivity contribution in [3.63, 3.8) is 0 Å². The van der Waals surface area contributed by atoms with Crippen molar-refractivity contribution < 1.29 is 23.5 Å². The summed E-state index contributed by atoms with van der Waals surface area (Å²) in [6, 6.07) is 3.18. The van der Waals surface area contributed by atoms with Gasteiger partial charge in [0.2, 0.25) is 0 Å². The van der Waals surface area contributed by atoms with E-state index in [1.54, 1.807) is 24.1 Å². The second-order valence-corrected chi connectivity index (χ2v) is 5.21. The van der Waals surface area contributed by atoms with E-state index in [1.807, 2.05) is 0 Å². The van der Waals surface area contributed by atoms with Crippen LogP contribution in [0, 0.1) is 0 Å². The van der Waals surface area contributed by atoms with E-state index in [2.05, 4.69) is 0 Å². The first kappa shape index (κ1) is 12.8. The number of furan rings is 1. The summed E-state index contributed by atoms with van der Waals surface area (Å²) in [5.41, 5.74) is -0.571. The number of likely N-dealkylation sites (N-methyl/N-ethyl adjacent to an activating group) is 1. The molecule has 1 aromatic heterocycles. The zero-order valence-electron chi connectivity index (χ0n) is 11.4. The molecule has 2 fully saturated rings. The standard InChI is InChI=1S/C13H16N2O5/c1-14-7-13(20-12(14)17)5-6-15(8-13)11(16)9-3-4-10(18-2)19-9/h3-4H,5-8H2,1-2H3/t13-/m0/s1. The molecule has 2 amide bonds. The number of hydrogen-bond donors (Lipinski definition) is 0. The van der Waals surface area contributed by atoms with Crippen LogP contribution in [0.5, 0.6) is 5.95 Å². The SMILES string of the molecule is COc1ccc(C(=O)N2CC[C@]3(CN(C)C(=O)O3)C2)o1. The van der Waals surface area contributed by atoms with E-state index in [9.17, 15) is 9.59 Å². The van der Waals surface area contributed by atoms with Crippen LogP contribution >= 0.6 is 0 Å². The summed E-state index contributed by atoms with van der Waals surface area (Å²) in [5.74, 6) is 0.321. The molecule has 2 saturated heterocycles. The second kappa shape index (κ2) is 4.43. The van der Waals surface area contributed by atoms with E-state index in [1.165, 1.54) is 12.0 Å². The molecule has 2 aliphatic rings. The van der Waals surface area contributed by atoms with E-state index in [4.69, 9.17) is 13.9 Å². The fourth-order valence-electron chi connectivity index (χ4n) is 2.72. The number of nitrogens with zero attached hydrogens (tertiary/aromatic N) is 2. The number of ether oxygens (including phenoxy) is 2. The van der Waals surface area contributed by atoms with E-state index in [0.717, 1.165) is 0 Å². The minimum atomic E-state index is -0.571. The van der Waals surface area contributed by atoms with Gasteiger partial charge in [0.1, 0.15) is 0 Å². The van der Waals surface area contributed by atoms with Gasteiger partial charge < -0.3 is 23.7 Å². The third-order valence-electron chi connectivity index (χ3n) is 3.74. The molecule has 7 heteroatoms. The van der Waals surface area contributed by atoms with Gasteiger partial charge in [-0.3, -0.25) is 4.79 Å². The van der Waals surface area contributed by atoms with Crippen molar-refractivity contribution in [1.82, 2.24) is 9.80 Å². The van der Waals surface area contributed by atoms with E-state index < -0.39 is 5.60 Å². The Hall–Kier alpha value is -2.18. The van der Waals surface area contributed by atoms with Crippen LogP contribution in [-0.4, -0.2) is 61.2 Å². The molecule has 7 nitrogen and oxygen atoms in total. The first-order valence-electron chi connectivity index (χ1n) is 6.40. The highest BCUT2D eigenvalue weighted by Gasteiger charge is 2.49. The van der Waals surface area contributed by atoms with Crippen LogP contribution in [0.1, 0.15) is 17.0 Å². The highest BCUT2D eigenvalue weighted by Crippen LogP contribution is 2.32. The molecule has 3 heterocycles. The molecule has 108 valence electrons. The lowest BCUT2D eigenvalue weighted by molar-refractivity contribution is 0.0537. The van der Waals surface area contributed by atoms with Gasteiger partial charge in [0.25, 0.3) is 11.9 Å². The van der Waals surface area contributed by atoms with E-state index in [-0.39, 0.29) is 17.8 Å². The summed E-state index contributed by atoms with van der Waals surface area (Å²) in [5, 5.41) is 0. The van der Waals surface area contributed by atoms with Gasteiger partial charge in [-0.1, -0.05) is 0 Å². The number of likely N-dealkylation sites (tertiary alicyclic amines) is 1. The molecule has 0 radical (unpaired) electrons. The zero-order valence-corrected chi connectivity index (χ0v) is 11.4. The van der Waals surface area contributed by atoms with Crippen LogP contribution in [0.4, 0.5) is 4.79 Å². The van der Waals surface area contributed by atoms with Crippen molar-refractivity contribution in [3.05, 3.63) is 17.9 Å². The minimum Gasteiger partial charge on any atom is -0.468 e. The van der Waals surface area contributed by atoms with Gasteiger partial charge in [-0.25, -0.2) is 4.79 Å². The van der Waals surface area contributed by atoms with Gasteiger partial charge in [0.15, 0.2) is 11.4 Å². The Morgan fingerprint density at radius 3 is 2.80 bits per heavy atom. The molecule has 0 bridgehead atoms. The van der Waals surface area contributed by atoms with Crippen LogP contribution in [0.3, 0.4) is 0 Å². The quantitative estimate of drug-likeness (QED) is 0.806. The van der Waals surface area contributed by atoms with Crippen molar-refractivity contribution >= 4 is 12.0 Å². The molecule has 0 saturated carbocycles. The lowest BCUT2D eigenvalue weighted by atomic mass is 10.0. The van der Waals surface area contributed by atoms with Crippen LogP contribution in [0.15, 0.2) is 16.5 Å². The lowest BCUT2D eigenvalue weighted by Gasteiger charge is -2.21. The Bertz CT molecular complexity index is 555. The maximum Gasteiger partial charge on any atom is 0.410 e. The summed E-state index contributed by atoms with van der Waals surface area (Å²) in [6.07, 6.45) is 0.311. The third-order valence-corrected chi connectivity index (χ3v) is 3.74. The zero-order chi connectivity index (χ0) is 14.3. The fraction of sp³-hybridized carbons (Fsp3) is 0.538. The second-order valence-electron chi connectivity index (χ2n) is 5.21. The summed E-state index contributed by atoms with van der Waals surface area (Å²) >= 11 is 0. The normalized spacial score (nSPS) is 25.4. The van der Waals surface area contributed by atoms with Crippen molar-refractivity contribution in [2.45, 2.75) is 12.0 Å². The predicted molar refractivity (Wildman–Crippen MR) is 67.6 cm³/mol. The van der Waals surface area contributed by atoms with Gasteiger partial charge in [-0.2, -0.15) is 0 Å². The maximum absolute atomic E-state index is 12.3. The molecule has 3 rings (SSSR count). The number of carbonyl (C=O) groups excluding carboxylic acids is 2. The Labute approximate surface area is 116 Å². The Kier molecular flexibility index (Phi) is 2.84.